The molecular weight excluding hydrogens is 72.1 g/mol. The van der Waals surface area contributed by atoms with Gasteiger partial charge in [-0.2, -0.15) is 5.26 Å². The van der Waals surface area contributed by atoms with E-state index in [9.17, 15) is 0 Å². The minimum atomic E-state index is 1.54. The van der Waals surface area contributed by atoms with Crippen molar-refractivity contribution in [2.24, 2.45) is 0 Å². The second-order valence-electron chi connectivity index (χ2n) is 0.224. The van der Waals surface area contributed by atoms with Gasteiger partial charge in [0.1, 0.15) is 0 Å². The number of hydrogen-bond donors (Lipinski definition) is 2. The van der Waals surface area contributed by atoms with E-state index >= 15 is 0 Å². The van der Waals surface area contributed by atoms with Gasteiger partial charge < -0.3 is 0 Å². The average molecular weight is 74.1 g/mol. The Morgan fingerprint density at radius 2 is 2.25 bits per heavy atom. The molecule has 0 aromatic heterocycles. The molecule has 0 fully saturated rings. The van der Waals surface area contributed by atoms with Crippen molar-refractivity contribution in [2.45, 2.75) is 0 Å². The Morgan fingerprint density at radius 1 is 2.00 bits per heavy atom. The topological polar surface area (TPSA) is 35.8 Å². The summed E-state index contributed by atoms with van der Waals surface area (Å²) in [6.45, 7) is 0. The van der Waals surface area contributed by atoms with Gasteiger partial charge in [0.25, 0.3) is 0 Å². The zero-order valence-electron chi connectivity index (χ0n) is 1.89. The molecular formula is CH2N2S. The summed E-state index contributed by atoms with van der Waals surface area (Å²) < 4.78 is 1.93. The Morgan fingerprint density at radius 3 is 2.25 bits per heavy atom. The van der Waals surface area contributed by atoms with Crippen LogP contribution < -0.4 is 4.72 Å². The largest absolute Gasteiger partial charge is 0.269 e. The fraction of sp³-hybridized carbons (Fsp3) is 0. The van der Waals surface area contributed by atoms with Gasteiger partial charge in [0.15, 0.2) is 6.19 Å². The first kappa shape index (κ1) is 3.64. The van der Waals surface area contributed by atoms with Crippen molar-refractivity contribution in [2.75, 3.05) is 0 Å². The van der Waals surface area contributed by atoms with Crippen molar-refractivity contribution >= 4 is 12.8 Å². The quantitative estimate of drug-likeness (QED) is 0.239. The summed E-state index contributed by atoms with van der Waals surface area (Å²) in [6, 6.07) is 0. The molecule has 4 heavy (non-hydrogen) atoms. The number of thiol groups is 1. The van der Waals surface area contributed by atoms with E-state index in [1.165, 1.54) is 0 Å². The van der Waals surface area contributed by atoms with Crippen molar-refractivity contribution in [1.82, 2.24) is 4.72 Å². The van der Waals surface area contributed by atoms with Crippen molar-refractivity contribution in [1.29, 1.82) is 5.26 Å². The molecule has 0 heterocycles. The van der Waals surface area contributed by atoms with Crippen LogP contribution in [0.1, 0.15) is 0 Å². The summed E-state index contributed by atoms with van der Waals surface area (Å²) in [4.78, 5) is 0. The fourth-order valence-electron chi connectivity index (χ4n) is 0. The Hall–Kier alpha value is -0.360. The first-order chi connectivity index (χ1) is 1.91. The lowest BCUT2D eigenvalue weighted by Gasteiger charge is -1.58. The molecule has 0 radical (unpaired) electrons. The van der Waals surface area contributed by atoms with Gasteiger partial charge in [-0.1, -0.05) is 12.8 Å². The van der Waals surface area contributed by atoms with E-state index in [2.05, 4.69) is 12.8 Å². The highest BCUT2D eigenvalue weighted by Crippen LogP contribution is 1.42. The number of hydrogen-bond acceptors (Lipinski definition) is 3. The Balaban J connectivity index is 2.43. The van der Waals surface area contributed by atoms with Crippen molar-refractivity contribution in [3.05, 3.63) is 0 Å². The minimum absolute atomic E-state index is 1.54. The summed E-state index contributed by atoms with van der Waals surface area (Å²) in [5.41, 5.74) is 0. The van der Waals surface area contributed by atoms with E-state index in [4.69, 9.17) is 5.26 Å². The average Bonchev–Trinajstić information content (AvgIpc) is 1.37. The van der Waals surface area contributed by atoms with E-state index < -0.39 is 0 Å². The van der Waals surface area contributed by atoms with Crippen LogP contribution >= 0.6 is 12.8 Å². The zero-order valence-corrected chi connectivity index (χ0v) is 2.79. The minimum Gasteiger partial charge on any atom is -0.269 e. The molecule has 0 aliphatic heterocycles. The van der Waals surface area contributed by atoms with Crippen LogP contribution in [0.3, 0.4) is 0 Å². The van der Waals surface area contributed by atoms with Gasteiger partial charge in [-0.3, -0.25) is 4.72 Å². The predicted molar refractivity (Wildman–Crippen MR) is 17.7 cm³/mol. The van der Waals surface area contributed by atoms with Crippen LogP contribution in [0.2, 0.25) is 0 Å². The molecule has 0 spiro atoms. The summed E-state index contributed by atoms with van der Waals surface area (Å²) in [6.07, 6.45) is 1.54. The van der Waals surface area contributed by atoms with Gasteiger partial charge >= 0.3 is 0 Å². The van der Waals surface area contributed by atoms with Crippen molar-refractivity contribution in [3.8, 4) is 6.19 Å². The molecule has 22 valence electrons. The van der Waals surface area contributed by atoms with Crippen LogP contribution in [0.4, 0.5) is 0 Å². The number of nitrogens with one attached hydrogen (secondary N) is 1. The van der Waals surface area contributed by atoms with Gasteiger partial charge in [-0.25, -0.2) is 0 Å². The summed E-state index contributed by atoms with van der Waals surface area (Å²) in [5.74, 6) is 0. The van der Waals surface area contributed by atoms with Crippen LogP contribution in [0.15, 0.2) is 0 Å². The van der Waals surface area contributed by atoms with E-state index in [0.717, 1.165) is 0 Å². The number of nitriles is 1. The molecule has 0 atom stereocenters. The highest BCUT2D eigenvalue weighted by Gasteiger charge is 1.41. The summed E-state index contributed by atoms with van der Waals surface area (Å²) in [7, 11) is 0. The first-order valence-electron chi connectivity index (χ1n) is 0.697. The maximum absolute atomic E-state index is 7.44. The molecule has 0 aromatic carbocycles. The zero-order chi connectivity index (χ0) is 3.41. The summed E-state index contributed by atoms with van der Waals surface area (Å²) >= 11 is 3.31. The maximum atomic E-state index is 7.44. The Bertz CT molecular complexity index is 35.8. The third kappa shape index (κ3) is 1.64. The van der Waals surface area contributed by atoms with E-state index in [0.29, 0.717) is 0 Å². The number of nitrogens with zero attached hydrogens (tertiary/aromatic N) is 1. The Kier molecular flexibility index (Phi) is 2.40. The molecule has 2 nitrogen and oxygen atoms in total. The lowest BCUT2D eigenvalue weighted by Crippen LogP contribution is -1.76. The van der Waals surface area contributed by atoms with E-state index in [1.807, 2.05) is 4.72 Å². The fourth-order valence-corrected chi connectivity index (χ4v) is 0. The smallest absolute Gasteiger partial charge is 0.187 e. The molecule has 3 heteroatoms. The van der Waals surface area contributed by atoms with Gasteiger partial charge in [0, 0.05) is 0 Å². The van der Waals surface area contributed by atoms with Crippen LogP contribution in [0, 0.1) is 11.5 Å². The second kappa shape index (κ2) is 2.64. The second-order valence-corrected chi connectivity index (χ2v) is 0.447. The highest BCUT2D eigenvalue weighted by atomic mass is 32.1. The monoisotopic (exact) mass is 74.0 g/mol. The molecule has 0 saturated carbocycles. The van der Waals surface area contributed by atoms with Crippen molar-refractivity contribution in [3.63, 3.8) is 0 Å². The van der Waals surface area contributed by atoms with Gasteiger partial charge in [-0.05, 0) is 0 Å². The van der Waals surface area contributed by atoms with Gasteiger partial charge in [-0.15, -0.1) is 0 Å². The molecule has 1 N–H and O–H groups in total. The summed E-state index contributed by atoms with van der Waals surface area (Å²) in [5, 5.41) is 7.44. The molecule has 0 aliphatic rings. The first-order valence-corrected chi connectivity index (χ1v) is 1.14. The lowest BCUT2D eigenvalue weighted by atomic mass is 11.5. The Labute approximate surface area is 30.0 Å². The standard InChI is InChI=1S/CH2N2S/c2-1-3-4/h3-4H. The third-order valence-corrected chi connectivity index (χ3v) is 0.150. The SMILES string of the molecule is N#CNS. The maximum Gasteiger partial charge on any atom is 0.187 e. The van der Waals surface area contributed by atoms with Gasteiger partial charge in [0.2, 0.25) is 0 Å². The lowest BCUT2D eigenvalue weighted by molar-refractivity contribution is 1.37. The molecule has 0 aromatic rings. The number of rotatable bonds is 0. The predicted octanol–water partition coefficient (Wildman–Crippen LogP) is -0.0981. The molecule has 0 unspecified atom stereocenters. The van der Waals surface area contributed by atoms with Crippen LogP contribution in [-0.4, -0.2) is 0 Å². The molecule has 0 saturated heterocycles. The van der Waals surface area contributed by atoms with E-state index in [-0.39, 0.29) is 0 Å². The van der Waals surface area contributed by atoms with Crippen molar-refractivity contribution < 1.29 is 0 Å². The molecule has 0 bridgehead atoms. The van der Waals surface area contributed by atoms with E-state index in [1.54, 1.807) is 6.19 Å². The van der Waals surface area contributed by atoms with Crippen LogP contribution in [-0.2, 0) is 0 Å². The normalized spacial score (nSPS) is 4.00. The van der Waals surface area contributed by atoms with Gasteiger partial charge in [0.05, 0.1) is 0 Å². The highest BCUT2D eigenvalue weighted by molar-refractivity contribution is 7.78. The molecule has 0 aliphatic carbocycles. The van der Waals surface area contributed by atoms with Crippen LogP contribution in [0.5, 0.6) is 0 Å². The third-order valence-electron chi connectivity index (χ3n) is 0.0500. The molecule has 0 amide bonds. The molecule has 0 rings (SSSR count). The van der Waals surface area contributed by atoms with Crippen LogP contribution in [0.25, 0.3) is 0 Å².